The Morgan fingerprint density at radius 3 is 2.55 bits per heavy atom. The van der Waals surface area contributed by atoms with Crippen molar-refractivity contribution >= 4 is 46.5 Å². The normalized spacial score (nSPS) is 20.0. The first kappa shape index (κ1) is 18.2. The molecule has 1 N–H and O–H groups in total. The number of carbonyl (C=O) groups excluding carboxylic acids is 2. The highest BCUT2D eigenvalue weighted by atomic mass is 35.5. The monoisotopic (exact) mass is 426 g/mol. The van der Waals surface area contributed by atoms with E-state index in [2.05, 4.69) is 10.4 Å². The summed E-state index contributed by atoms with van der Waals surface area (Å²) in [6.07, 6.45) is 1.71. The number of aromatic nitrogens is 2. The number of anilines is 2. The first-order valence-corrected chi connectivity index (χ1v) is 9.84. The molecule has 5 rings (SSSR count). The van der Waals surface area contributed by atoms with Crippen LogP contribution in [0, 0.1) is 0 Å². The zero-order chi connectivity index (χ0) is 20.3. The lowest BCUT2D eigenvalue weighted by Gasteiger charge is -2.36. The number of amides is 2. The molecule has 146 valence electrons. The van der Waals surface area contributed by atoms with Gasteiger partial charge in [0.25, 0.3) is 0 Å². The van der Waals surface area contributed by atoms with Crippen molar-refractivity contribution in [1.29, 1.82) is 0 Å². The number of hydrogen-bond acceptors (Lipinski definition) is 3. The highest BCUT2D eigenvalue weighted by molar-refractivity contribution is 6.31. The molecule has 0 saturated heterocycles. The maximum absolute atomic E-state index is 13.2. The van der Waals surface area contributed by atoms with E-state index >= 15 is 0 Å². The second kappa shape index (κ2) is 6.34. The Bertz CT molecular complexity index is 1170. The minimum atomic E-state index is -1.13. The first-order valence-electron chi connectivity index (χ1n) is 9.09. The van der Waals surface area contributed by atoms with Gasteiger partial charge in [0.05, 0.1) is 19.2 Å². The Balaban J connectivity index is 1.68. The molecule has 6 nitrogen and oxygen atoms in total. The summed E-state index contributed by atoms with van der Waals surface area (Å²) in [4.78, 5) is 27.7. The van der Waals surface area contributed by atoms with Gasteiger partial charge in [-0.1, -0.05) is 35.3 Å². The van der Waals surface area contributed by atoms with Crippen molar-refractivity contribution < 1.29 is 9.59 Å². The van der Waals surface area contributed by atoms with Crippen LogP contribution in [0.25, 0.3) is 0 Å². The average molecular weight is 427 g/mol. The van der Waals surface area contributed by atoms with Gasteiger partial charge >= 0.3 is 0 Å². The summed E-state index contributed by atoms with van der Waals surface area (Å²) in [6, 6.07) is 12.7. The van der Waals surface area contributed by atoms with E-state index in [1.54, 1.807) is 41.0 Å². The molecule has 0 radical (unpaired) electrons. The molecule has 0 aliphatic carbocycles. The predicted octanol–water partition coefficient (Wildman–Crippen LogP) is 3.84. The topological polar surface area (TPSA) is 67.2 Å². The smallest absolute Gasteiger partial charge is 0.240 e. The van der Waals surface area contributed by atoms with Crippen molar-refractivity contribution in [3.05, 3.63) is 75.4 Å². The summed E-state index contributed by atoms with van der Waals surface area (Å²) >= 11 is 12.2. The van der Waals surface area contributed by atoms with Crippen molar-refractivity contribution in [2.24, 2.45) is 0 Å². The van der Waals surface area contributed by atoms with Gasteiger partial charge in [0.1, 0.15) is 11.2 Å². The van der Waals surface area contributed by atoms with Crippen molar-refractivity contribution in [2.45, 2.75) is 18.4 Å². The molecule has 2 aromatic carbocycles. The van der Waals surface area contributed by atoms with Gasteiger partial charge in [-0.15, -0.1) is 0 Å². The van der Waals surface area contributed by atoms with E-state index in [1.807, 2.05) is 24.3 Å². The highest BCUT2D eigenvalue weighted by Gasteiger charge is 2.55. The fourth-order valence-corrected chi connectivity index (χ4v) is 4.54. The number of halogens is 2. The quantitative estimate of drug-likeness (QED) is 0.676. The minimum absolute atomic E-state index is 0.0301. The summed E-state index contributed by atoms with van der Waals surface area (Å²) in [5.74, 6) is 0.223. The molecule has 1 atom stereocenters. The molecule has 2 aliphatic rings. The molecule has 0 saturated carbocycles. The van der Waals surface area contributed by atoms with Gasteiger partial charge in [-0.05, 0) is 41.5 Å². The second-order valence-electron chi connectivity index (χ2n) is 7.34. The van der Waals surface area contributed by atoms with Crippen molar-refractivity contribution in [2.75, 3.05) is 17.3 Å². The number of rotatable bonds is 2. The number of hydrogen-bond donors (Lipinski definition) is 1. The molecule has 1 aromatic heterocycles. The predicted molar refractivity (Wildman–Crippen MR) is 112 cm³/mol. The van der Waals surface area contributed by atoms with Crippen LogP contribution in [0.5, 0.6) is 0 Å². The van der Waals surface area contributed by atoms with Crippen LogP contribution in [0.15, 0.2) is 48.7 Å². The number of carbonyl (C=O) groups is 2. The number of benzene rings is 2. The maximum Gasteiger partial charge on any atom is 0.240 e. The van der Waals surface area contributed by atoms with Crippen molar-refractivity contribution in [3.8, 4) is 0 Å². The average Bonchev–Trinajstić information content (AvgIpc) is 3.22. The van der Waals surface area contributed by atoms with Crippen molar-refractivity contribution in [1.82, 2.24) is 9.78 Å². The molecule has 29 heavy (non-hydrogen) atoms. The Labute approximate surface area is 177 Å². The van der Waals surface area contributed by atoms with Crippen LogP contribution in [0.3, 0.4) is 0 Å². The lowest BCUT2D eigenvalue weighted by atomic mass is 9.71. The third-order valence-electron chi connectivity index (χ3n) is 5.70. The fraction of sp³-hybridized carbons (Fsp3) is 0.190. The molecule has 0 fully saturated rings. The van der Waals surface area contributed by atoms with E-state index in [4.69, 9.17) is 23.2 Å². The summed E-state index contributed by atoms with van der Waals surface area (Å²) < 4.78 is 1.74. The highest BCUT2D eigenvalue weighted by Crippen LogP contribution is 2.51. The van der Waals surface area contributed by atoms with Gasteiger partial charge < -0.3 is 5.32 Å². The third-order valence-corrected chi connectivity index (χ3v) is 6.19. The SMILES string of the molecule is CN1C(=O)CC2(C(=O)Nc3ccc(Cl)cc32)c2cnn(Cc3ccc(Cl)cc3)c21. The zero-order valence-corrected chi connectivity index (χ0v) is 17.0. The van der Waals surface area contributed by atoms with Gasteiger partial charge in [-0.25, -0.2) is 4.68 Å². The van der Waals surface area contributed by atoms with Gasteiger partial charge in [0.15, 0.2) is 0 Å². The lowest BCUT2D eigenvalue weighted by Crippen LogP contribution is -2.47. The van der Waals surface area contributed by atoms with Gasteiger partial charge in [-0.3, -0.25) is 14.5 Å². The van der Waals surface area contributed by atoms with E-state index < -0.39 is 5.41 Å². The Morgan fingerprint density at radius 1 is 1.07 bits per heavy atom. The fourth-order valence-electron chi connectivity index (χ4n) is 4.24. The summed E-state index contributed by atoms with van der Waals surface area (Å²) in [6.45, 7) is 0.449. The Hall–Kier alpha value is -2.83. The van der Waals surface area contributed by atoms with Crippen LogP contribution in [0.2, 0.25) is 10.0 Å². The standard InChI is InChI=1S/C21H16Cl2N4O2/c1-26-18(28)9-21(15-8-14(23)6-7-17(15)25-20(21)29)16-10-24-27(19(16)26)11-12-2-4-13(22)5-3-12/h2-8,10H,9,11H2,1H3,(H,25,29). The molecule has 3 aromatic rings. The number of nitrogens with zero attached hydrogens (tertiary/aromatic N) is 3. The second-order valence-corrected chi connectivity index (χ2v) is 8.22. The van der Waals surface area contributed by atoms with Crippen LogP contribution >= 0.6 is 23.2 Å². The molecule has 1 unspecified atom stereocenters. The molecular weight excluding hydrogens is 411 g/mol. The van der Waals surface area contributed by atoms with E-state index in [0.717, 1.165) is 5.56 Å². The number of nitrogens with one attached hydrogen (secondary N) is 1. The lowest BCUT2D eigenvalue weighted by molar-refractivity contribution is -0.126. The molecular formula is C21H16Cl2N4O2. The molecule has 2 amide bonds. The number of fused-ring (bicyclic) bond motifs is 4. The van der Waals surface area contributed by atoms with Crippen LogP contribution < -0.4 is 10.2 Å². The van der Waals surface area contributed by atoms with E-state index in [0.29, 0.717) is 39.2 Å². The van der Waals surface area contributed by atoms with E-state index in [9.17, 15) is 9.59 Å². The van der Waals surface area contributed by atoms with Crippen LogP contribution in [0.4, 0.5) is 11.5 Å². The Kier molecular flexibility index (Phi) is 3.98. The summed E-state index contributed by atoms with van der Waals surface area (Å²) in [5.41, 5.74) is 1.95. The minimum Gasteiger partial charge on any atom is -0.325 e. The first-order chi connectivity index (χ1) is 13.9. The largest absolute Gasteiger partial charge is 0.325 e. The molecule has 3 heterocycles. The zero-order valence-electron chi connectivity index (χ0n) is 15.4. The molecule has 1 spiro atoms. The van der Waals surface area contributed by atoms with Crippen molar-refractivity contribution in [3.63, 3.8) is 0 Å². The maximum atomic E-state index is 13.2. The molecule has 0 bridgehead atoms. The molecule has 8 heteroatoms. The van der Waals surface area contributed by atoms with Crippen LogP contribution in [-0.4, -0.2) is 28.6 Å². The molecule has 2 aliphatic heterocycles. The Morgan fingerprint density at radius 2 is 1.79 bits per heavy atom. The van der Waals surface area contributed by atoms with Gasteiger partial charge in [0, 0.05) is 28.3 Å². The summed E-state index contributed by atoms with van der Waals surface area (Å²) in [7, 11) is 1.71. The van der Waals surface area contributed by atoms with Crippen LogP contribution in [-0.2, 0) is 21.5 Å². The third kappa shape index (κ3) is 2.59. The van der Waals surface area contributed by atoms with E-state index in [-0.39, 0.29) is 18.2 Å². The van der Waals surface area contributed by atoms with E-state index in [1.165, 1.54) is 0 Å². The summed E-state index contributed by atoms with van der Waals surface area (Å²) in [5, 5.41) is 8.60. The van der Waals surface area contributed by atoms with Gasteiger partial charge in [0.2, 0.25) is 11.8 Å². The van der Waals surface area contributed by atoms with Gasteiger partial charge in [-0.2, -0.15) is 5.10 Å². The van der Waals surface area contributed by atoms with Crippen LogP contribution in [0.1, 0.15) is 23.1 Å².